The van der Waals surface area contributed by atoms with Crippen molar-refractivity contribution in [1.82, 2.24) is 9.55 Å². The van der Waals surface area contributed by atoms with Crippen LogP contribution in [0, 0.1) is 5.82 Å². The van der Waals surface area contributed by atoms with Crippen molar-refractivity contribution in [1.29, 1.82) is 0 Å². The standard InChI is InChI=1S/C19H19FN4O3/c1-3-23-7-12(18(26)27)16(25)11-4-10-5-13(20)15(6-14(10)22-17(11)23)24-8-19(2,21)9-24/h4-7H,3,8-9,21H2,1-2H3,(H,26,27). The van der Waals surface area contributed by atoms with Crippen LogP contribution in [0.1, 0.15) is 24.2 Å². The number of fused-ring (bicyclic) bond motifs is 2. The van der Waals surface area contributed by atoms with Gasteiger partial charge in [-0.2, -0.15) is 0 Å². The molecule has 1 aliphatic heterocycles. The van der Waals surface area contributed by atoms with E-state index in [1.165, 1.54) is 18.3 Å². The smallest absolute Gasteiger partial charge is 0.341 e. The minimum absolute atomic E-state index is 0.162. The highest BCUT2D eigenvalue weighted by Gasteiger charge is 2.36. The number of benzene rings is 1. The van der Waals surface area contributed by atoms with Crippen LogP contribution in [0.5, 0.6) is 0 Å². The molecule has 0 bridgehead atoms. The Bertz CT molecular complexity index is 1160. The van der Waals surface area contributed by atoms with Gasteiger partial charge in [0.25, 0.3) is 0 Å². The van der Waals surface area contributed by atoms with Gasteiger partial charge in [-0.25, -0.2) is 14.2 Å². The van der Waals surface area contributed by atoms with E-state index in [-0.39, 0.29) is 16.5 Å². The second-order valence-corrected chi connectivity index (χ2v) is 7.33. The molecule has 0 amide bonds. The molecule has 2 aromatic heterocycles. The number of pyridine rings is 2. The number of nitrogens with two attached hydrogens (primary N) is 1. The van der Waals surface area contributed by atoms with E-state index in [9.17, 15) is 19.1 Å². The minimum Gasteiger partial charge on any atom is -0.477 e. The summed E-state index contributed by atoms with van der Waals surface area (Å²) in [5.41, 5.74) is 6.06. The number of carboxylic acids is 1. The normalized spacial score (nSPS) is 15.9. The number of carboxylic acid groups (broad SMARTS) is 1. The molecule has 27 heavy (non-hydrogen) atoms. The largest absolute Gasteiger partial charge is 0.477 e. The maximum absolute atomic E-state index is 14.6. The fourth-order valence-corrected chi connectivity index (χ4v) is 3.61. The third kappa shape index (κ3) is 2.73. The molecule has 0 radical (unpaired) electrons. The van der Waals surface area contributed by atoms with Gasteiger partial charge in [0.1, 0.15) is 17.0 Å². The van der Waals surface area contributed by atoms with E-state index in [4.69, 9.17) is 5.73 Å². The molecule has 4 rings (SSSR count). The van der Waals surface area contributed by atoms with E-state index >= 15 is 0 Å². The fraction of sp³-hybridized carbons (Fsp3) is 0.316. The highest BCUT2D eigenvalue weighted by atomic mass is 19.1. The van der Waals surface area contributed by atoms with Crippen molar-refractivity contribution in [2.75, 3.05) is 18.0 Å². The van der Waals surface area contributed by atoms with Crippen molar-refractivity contribution in [2.24, 2.45) is 5.73 Å². The summed E-state index contributed by atoms with van der Waals surface area (Å²) in [4.78, 5) is 30.3. The summed E-state index contributed by atoms with van der Waals surface area (Å²) >= 11 is 0. The van der Waals surface area contributed by atoms with Gasteiger partial charge in [-0.1, -0.05) is 0 Å². The SMILES string of the molecule is CCn1cc(C(=O)O)c(=O)c2cc3cc(F)c(N4CC(C)(N)C4)cc3nc21. The van der Waals surface area contributed by atoms with Crippen molar-refractivity contribution >= 4 is 33.6 Å². The minimum atomic E-state index is -1.30. The third-order valence-corrected chi connectivity index (χ3v) is 4.93. The first-order valence-electron chi connectivity index (χ1n) is 8.65. The topological polar surface area (TPSA) is 101 Å². The molecule has 1 fully saturated rings. The Kier molecular flexibility index (Phi) is 3.71. The second kappa shape index (κ2) is 5.75. The van der Waals surface area contributed by atoms with Crippen molar-refractivity contribution < 1.29 is 14.3 Å². The molecule has 1 aromatic carbocycles. The molecule has 0 spiro atoms. The van der Waals surface area contributed by atoms with Crippen molar-refractivity contribution in [3.8, 4) is 0 Å². The molecule has 8 heteroatoms. The van der Waals surface area contributed by atoms with Crippen LogP contribution >= 0.6 is 0 Å². The average Bonchev–Trinajstić information content (AvgIpc) is 2.58. The molecular formula is C19H19FN4O3. The molecule has 3 heterocycles. The van der Waals surface area contributed by atoms with Crippen LogP contribution in [-0.2, 0) is 6.54 Å². The third-order valence-electron chi connectivity index (χ3n) is 4.93. The van der Waals surface area contributed by atoms with E-state index in [2.05, 4.69) is 4.98 Å². The molecule has 0 aliphatic carbocycles. The van der Waals surface area contributed by atoms with Gasteiger partial charge in [0, 0.05) is 36.8 Å². The molecule has 0 atom stereocenters. The highest BCUT2D eigenvalue weighted by Crippen LogP contribution is 2.32. The lowest BCUT2D eigenvalue weighted by Gasteiger charge is -2.47. The second-order valence-electron chi connectivity index (χ2n) is 7.33. The van der Waals surface area contributed by atoms with E-state index in [0.29, 0.717) is 41.9 Å². The van der Waals surface area contributed by atoms with E-state index in [1.54, 1.807) is 10.6 Å². The molecule has 0 saturated carbocycles. The zero-order valence-corrected chi connectivity index (χ0v) is 15.0. The van der Waals surface area contributed by atoms with Crippen LogP contribution in [-0.4, -0.2) is 39.3 Å². The molecule has 3 aromatic rings. The van der Waals surface area contributed by atoms with E-state index in [1.807, 2.05) is 18.7 Å². The highest BCUT2D eigenvalue weighted by molar-refractivity contribution is 5.96. The first-order chi connectivity index (χ1) is 12.7. The maximum atomic E-state index is 14.6. The summed E-state index contributed by atoms with van der Waals surface area (Å²) < 4.78 is 16.2. The summed E-state index contributed by atoms with van der Waals surface area (Å²) in [6.45, 7) is 5.28. The summed E-state index contributed by atoms with van der Waals surface area (Å²) in [5.74, 6) is -1.72. The van der Waals surface area contributed by atoms with Gasteiger partial charge in [0.15, 0.2) is 0 Å². The number of aromatic carboxylic acids is 1. The summed E-state index contributed by atoms with van der Waals surface area (Å²) in [5, 5.41) is 9.87. The number of aromatic nitrogens is 2. The summed E-state index contributed by atoms with van der Waals surface area (Å²) in [7, 11) is 0. The number of nitrogens with zero attached hydrogens (tertiary/aromatic N) is 3. The predicted octanol–water partition coefficient (Wildman–Crippen LogP) is 1.94. The summed E-state index contributed by atoms with van der Waals surface area (Å²) in [6, 6.07) is 4.48. The quantitative estimate of drug-likeness (QED) is 0.684. The lowest BCUT2D eigenvalue weighted by molar-refractivity contribution is 0.0695. The van der Waals surface area contributed by atoms with Gasteiger partial charge in [-0.3, -0.25) is 4.79 Å². The van der Waals surface area contributed by atoms with Gasteiger partial charge in [-0.05, 0) is 32.0 Å². The molecule has 140 valence electrons. The zero-order chi connectivity index (χ0) is 19.5. The Morgan fingerprint density at radius 2 is 2.07 bits per heavy atom. The van der Waals surface area contributed by atoms with Gasteiger partial charge in [-0.15, -0.1) is 0 Å². The Labute approximate surface area is 153 Å². The van der Waals surface area contributed by atoms with Crippen LogP contribution in [0.25, 0.3) is 21.9 Å². The number of hydrogen-bond donors (Lipinski definition) is 2. The van der Waals surface area contributed by atoms with E-state index in [0.717, 1.165) is 0 Å². The van der Waals surface area contributed by atoms with Gasteiger partial charge < -0.3 is 20.3 Å². The molecule has 3 N–H and O–H groups in total. The molecule has 7 nitrogen and oxygen atoms in total. The van der Waals surface area contributed by atoms with Crippen molar-refractivity contribution in [3.05, 3.63) is 46.0 Å². The molecule has 1 aliphatic rings. The van der Waals surface area contributed by atoms with Gasteiger partial charge in [0.2, 0.25) is 5.43 Å². The first kappa shape index (κ1) is 17.4. The molecule has 1 saturated heterocycles. The number of aryl methyl sites for hydroxylation is 1. The lowest BCUT2D eigenvalue weighted by atomic mass is 9.93. The van der Waals surface area contributed by atoms with Crippen LogP contribution in [0.4, 0.5) is 10.1 Å². The number of carbonyl (C=O) groups is 1. The zero-order valence-electron chi connectivity index (χ0n) is 15.0. The fourth-order valence-electron chi connectivity index (χ4n) is 3.61. The average molecular weight is 370 g/mol. The molecular weight excluding hydrogens is 351 g/mol. The number of hydrogen-bond acceptors (Lipinski definition) is 5. The Hall–Kier alpha value is -3.00. The van der Waals surface area contributed by atoms with Crippen LogP contribution in [0.3, 0.4) is 0 Å². The van der Waals surface area contributed by atoms with Crippen LogP contribution in [0.15, 0.2) is 29.2 Å². The predicted molar refractivity (Wildman–Crippen MR) is 101 cm³/mol. The van der Waals surface area contributed by atoms with Gasteiger partial charge >= 0.3 is 5.97 Å². The number of anilines is 1. The van der Waals surface area contributed by atoms with Crippen LogP contribution in [0.2, 0.25) is 0 Å². The number of halogens is 1. The number of rotatable bonds is 3. The Morgan fingerprint density at radius 1 is 1.37 bits per heavy atom. The summed E-state index contributed by atoms with van der Waals surface area (Å²) in [6.07, 6.45) is 1.30. The lowest BCUT2D eigenvalue weighted by Crippen LogP contribution is -2.65. The monoisotopic (exact) mass is 370 g/mol. The first-order valence-corrected chi connectivity index (χ1v) is 8.65. The van der Waals surface area contributed by atoms with Gasteiger partial charge in [0.05, 0.1) is 16.6 Å². The molecule has 0 unspecified atom stereocenters. The van der Waals surface area contributed by atoms with Crippen molar-refractivity contribution in [3.63, 3.8) is 0 Å². The Balaban J connectivity index is 1.96. The van der Waals surface area contributed by atoms with Crippen LogP contribution < -0.4 is 16.1 Å². The van der Waals surface area contributed by atoms with E-state index < -0.39 is 17.2 Å². The van der Waals surface area contributed by atoms with Crippen molar-refractivity contribution in [2.45, 2.75) is 25.9 Å². The maximum Gasteiger partial charge on any atom is 0.341 e. The Morgan fingerprint density at radius 3 is 2.67 bits per heavy atom.